The maximum absolute atomic E-state index is 13.8. The van der Waals surface area contributed by atoms with E-state index < -0.39 is 5.60 Å². The number of ether oxygens (including phenoxy) is 1. The third-order valence-corrected chi connectivity index (χ3v) is 4.87. The lowest BCUT2D eigenvalue weighted by molar-refractivity contribution is 0.0184. The van der Waals surface area contributed by atoms with Gasteiger partial charge in [-0.2, -0.15) is 0 Å². The molecule has 1 saturated heterocycles. The lowest BCUT2D eigenvalue weighted by Gasteiger charge is -2.33. The number of rotatable bonds is 6. The zero-order valence-electron chi connectivity index (χ0n) is 17.8. The molecular weight excluding hydrogens is 385 g/mol. The van der Waals surface area contributed by atoms with Crippen molar-refractivity contribution in [1.29, 1.82) is 0 Å². The Morgan fingerprint density at radius 3 is 2.67 bits per heavy atom. The summed E-state index contributed by atoms with van der Waals surface area (Å²) in [5.74, 6) is 0.729. The van der Waals surface area contributed by atoms with Crippen molar-refractivity contribution in [3.05, 3.63) is 48.2 Å². The minimum absolute atomic E-state index is 0.232. The first kappa shape index (κ1) is 22.0. The fraction of sp³-hybridized carbons (Fsp3) is 0.500. The second kappa shape index (κ2) is 9.84. The molecule has 0 saturated carbocycles. The molecule has 0 spiro atoms. The molecule has 1 aromatic carbocycles. The van der Waals surface area contributed by atoms with Crippen LogP contribution in [0, 0.1) is 11.7 Å². The standard InChI is InChI=1S/C22H30FN5O2/c1-22(2,3)30-21(29)28-10-8-16(9-11-28)13-24-14-17-12-20(26-15-25-17)27-19-7-5-4-6-18(19)23/h4-7,12,15-16,24H,8-11,13-14H2,1-3H3,(H,25,26,27). The summed E-state index contributed by atoms with van der Waals surface area (Å²) in [6, 6.07) is 8.29. The van der Waals surface area contributed by atoms with Gasteiger partial charge in [0.25, 0.3) is 0 Å². The molecule has 8 heteroatoms. The largest absolute Gasteiger partial charge is 0.444 e. The molecule has 1 aromatic heterocycles. The number of carbonyl (C=O) groups excluding carboxylic acids is 1. The molecule has 3 rings (SSSR count). The van der Waals surface area contributed by atoms with E-state index in [1.165, 1.54) is 12.4 Å². The van der Waals surface area contributed by atoms with Crippen molar-refractivity contribution < 1.29 is 13.9 Å². The van der Waals surface area contributed by atoms with E-state index in [0.29, 0.717) is 37.1 Å². The van der Waals surface area contributed by atoms with Crippen molar-refractivity contribution >= 4 is 17.6 Å². The highest BCUT2D eigenvalue weighted by Crippen LogP contribution is 2.20. The molecule has 7 nitrogen and oxygen atoms in total. The zero-order valence-corrected chi connectivity index (χ0v) is 17.8. The molecule has 0 unspecified atom stereocenters. The van der Waals surface area contributed by atoms with Crippen molar-refractivity contribution in [1.82, 2.24) is 20.2 Å². The molecule has 0 aliphatic carbocycles. The lowest BCUT2D eigenvalue weighted by atomic mass is 9.97. The number of halogens is 1. The Labute approximate surface area is 177 Å². The number of nitrogens with one attached hydrogen (secondary N) is 2. The highest BCUT2D eigenvalue weighted by atomic mass is 19.1. The van der Waals surface area contributed by atoms with Crippen LogP contribution in [-0.4, -0.2) is 46.2 Å². The van der Waals surface area contributed by atoms with Crippen molar-refractivity contribution in [2.45, 2.75) is 45.8 Å². The van der Waals surface area contributed by atoms with Gasteiger partial charge in [-0.05, 0) is 58.2 Å². The van der Waals surface area contributed by atoms with Crippen LogP contribution in [0.2, 0.25) is 0 Å². The molecule has 162 valence electrons. The van der Waals surface area contributed by atoms with Crippen LogP contribution < -0.4 is 10.6 Å². The summed E-state index contributed by atoms with van der Waals surface area (Å²) in [4.78, 5) is 22.4. The molecule has 30 heavy (non-hydrogen) atoms. The normalized spacial score (nSPS) is 15.1. The Balaban J connectivity index is 1.42. The topological polar surface area (TPSA) is 79.4 Å². The molecule has 0 bridgehead atoms. The van der Waals surface area contributed by atoms with E-state index in [0.717, 1.165) is 25.1 Å². The minimum atomic E-state index is -0.465. The monoisotopic (exact) mass is 415 g/mol. The number of likely N-dealkylation sites (tertiary alicyclic amines) is 1. The van der Waals surface area contributed by atoms with E-state index >= 15 is 0 Å². The molecule has 1 aliphatic rings. The lowest BCUT2D eigenvalue weighted by Crippen LogP contribution is -2.43. The van der Waals surface area contributed by atoms with Gasteiger partial charge in [-0.3, -0.25) is 0 Å². The Bertz CT molecular complexity index is 847. The van der Waals surface area contributed by atoms with Crippen molar-refractivity contribution in [3.63, 3.8) is 0 Å². The van der Waals surface area contributed by atoms with Gasteiger partial charge in [0, 0.05) is 25.7 Å². The van der Waals surface area contributed by atoms with Crippen molar-refractivity contribution in [3.8, 4) is 0 Å². The SMILES string of the molecule is CC(C)(C)OC(=O)N1CCC(CNCc2cc(Nc3ccccc3F)ncn2)CC1. The number of amides is 1. The molecule has 2 aromatic rings. The summed E-state index contributed by atoms with van der Waals surface area (Å²) >= 11 is 0. The van der Waals surface area contributed by atoms with Gasteiger partial charge in [-0.15, -0.1) is 0 Å². The third-order valence-electron chi connectivity index (χ3n) is 4.87. The van der Waals surface area contributed by atoms with Gasteiger partial charge in [0.2, 0.25) is 0 Å². The van der Waals surface area contributed by atoms with E-state index in [9.17, 15) is 9.18 Å². The van der Waals surface area contributed by atoms with Gasteiger partial charge in [-0.1, -0.05) is 12.1 Å². The van der Waals surface area contributed by atoms with E-state index in [1.54, 1.807) is 23.1 Å². The number of hydrogen-bond acceptors (Lipinski definition) is 6. The van der Waals surface area contributed by atoms with Gasteiger partial charge in [0.05, 0.1) is 11.4 Å². The summed E-state index contributed by atoms with van der Waals surface area (Å²) < 4.78 is 19.2. The van der Waals surface area contributed by atoms with Crippen LogP contribution in [0.4, 0.5) is 20.7 Å². The van der Waals surface area contributed by atoms with Gasteiger partial charge < -0.3 is 20.3 Å². The smallest absolute Gasteiger partial charge is 0.410 e. The van der Waals surface area contributed by atoms with E-state index in [2.05, 4.69) is 20.6 Å². The van der Waals surface area contributed by atoms with Crippen LogP contribution in [0.25, 0.3) is 0 Å². The predicted molar refractivity (Wildman–Crippen MR) is 114 cm³/mol. The fourth-order valence-corrected chi connectivity index (χ4v) is 3.31. The zero-order chi connectivity index (χ0) is 21.6. The Hall–Kier alpha value is -2.74. The maximum atomic E-state index is 13.8. The van der Waals surface area contributed by atoms with Crippen LogP contribution in [0.15, 0.2) is 36.7 Å². The quantitative estimate of drug-likeness (QED) is 0.740. The summed E-state index contributed by atoms with van der Waals surface area (Å²) in [6.07, 6.45) is 3.12. The van der Waals surface area contributed by atoms with Gasteiger partial charge in [-0.25, -0.2) is 19.2 Å². The molecule has 2 heterocycles. The van der Waals surface area contributed by atoms with E-state index in [-0.39, 0.29) is 11.9 Å². The van der Waals surface area contributed by atoms with Crippen molar-refractivity contribution in [2.24, 2.45) is 5.92 Å². The third kappa shape index (κ3) is 6.66. The van der Waals surface area contributed by atoms with Crippen LogP contribution in [0.1, 0.15) is 39.3 Å². The number of para-hydroxylation sites is 1. The molecule has 1 aliphatic heterocycles. The molecule has 0 atom stereocenters. The van der Waals surface area contributed by atoms with Gasteiger partial charge in [0.15, 0.2) is 0 Å². The average molecular weight is 416 g/mol. The number of anilines is 2. The number of carbonyl (C=O) groups is 1. The Kier molecular flexibility index (Phi) is 7.20. The average Bonchev–Trinajstić information content (AvgIpc) is 2.69. The van der Waals surface area contributed by atoms with Crippen molar-refractivity contribution in [2.75, 3.05) is 25.0 Å². The highest BCUT2D eigenvalue weighted by Gasteiger charge is 2.26. The van der Waals surface area contributed by atoms with E-state index in [1.807, 2.05) is 26.8 Å². The molecule has 1 fully saturated rings. The minimum Gasteiger partial charge on any atom is -0.444 e. The molecule has 2 N–H and O–H groups in total. The number of nitrogens with zero attached hydrogens (tertiary/aromatic N) is 3. The summed E-state index contributed by atoms with van der Waals surface area (Å²) in [5.41, 5.74) is 0.745. The highest BCUT2D eigenvalue weighted by molar-refractivity contribution is 5.68. The van der Waals surface area contributed by atoms with E-state index in [4.69, 9.17) is 4.74 Å². The summed E-state index contributed by atoms with van der Waals surface area (Å²) in [5, 5.41) is 6.41. The van der Waals surface area contributed by atoms with Gasteiger partial charge >= 0.3 is 6.09 Å². The fourth-order valence-electron chi connectivity index (χ4n) is 3.31. The van der Waals surface area contributed by atoms with Crippen LogP contribution in [0.5, 0.6) is 0 Å². The second-order valence-corrected chi connectivity index (χ2v) is 8.54. The van der Waals surface area contributed by atoms with Crippen LogP contribution in [0.3, 0.4) is 0 Å². The molecule has 1 amide bonds. The summed E-state index contributed by atoms with van der Waals surface area (Å²) in [6.45, 7) is 8.52. The first-order chi connectivity index (χ1) is 14.3. The molecular formula is C22H30FN5O2. The number of aromatic nitrogens is 2. The number of benzene rings is 1. The number of hydrogen-bond donors (Lipinski definition) is 2. The Morgan fingerprint density at radius 1 is 1.23 bits per heavy atom. The predicted octanol–water partition coefficient (Wildman–Crippen LogP) is 4.10. The molecule has 0 radical (unpaired) electrons. The number of piperidine rings is 1. The van der Waals surface area contributed by atoms with Crippen LogP contribution >= 0.6 is 0 Å². The first-order valence-corrected chi connectivity index (χ1v) is 10.3. The summed E-state index contributed by atoms with van der Waals surface area (Å²) in [7, 11) is 0. The second-order valence-electron chi connectivity index (χ2n) is 8.54. The first-order valence-electron chi connectivity index (χ1n) is 10.3. The van der Waals surface area contributed by atoms with Crippen LogP contribution in [-0.2, 0) is 11.3 Å². The Morgan fingerprint density at radius 2 is 1.97 bits per heavy atom. The maximum Gasteiger partial charge on any atom is 0.410 e. The van der Waals surface area contributed by atoms with Gasteiger partial charge in [0.1, 0.15) is 23.6 Å².